The number of para-hydroxylation sites is 1. The number of pyridine rings is 1. The van der Waals surface area contributed by atoms with Crippen LogP contribution in [0.2, 0.25) is 0 Å². The summed E-state index contributed by atoms with van der Waals surface area (Å²) in [5.41, 5.74) is 9.51. The van der Waals surface area contributed by atoms with Crippen LogP contribution in [0.4, 0.5) is 5.95 Å². The molecule has 1 aromatic carbocycles. The fraction of sp³-hybridized carbons (Fsp3) is 0.318. The molecule has 0 aliphatic carbocycles. The highest BCUT2D eigenvalue weighted by Crippen LogP contribution is 2.30. The van der Waals surface area contributed by atoms with Gasteiger partial charge in [-0.1, -0.05) is 23.4 Å². The van der Waals surface area contributed by atoms with E-state index < -0.39 is 0 Å². The SMILES string of the molecule is COc1cccc2c(-c3cn(Cc4cccc(CO[C@H]5CCOC5)n4)nn3)nc(N)nc12. The van der Waals surface area contributed by atoms with Crippen LogP contribution in [0.1, 0.15) is 17.8 Å². The van der Waals surface area contributed by atoms with Crippen LogP contribution in [0, 0.1) is 0 Å². The summed E-state index contributed by atoms with van der Waals surface area (Å²) in [5.74, 6) is 0.770. The number of methoxy groups -OCH3 is 1. The number of nitrogens with two attached hydrogens (primary N) is 1. The standard InChI is InChI=1S/C22H23N7O3/c1-30-19-7-3-6-17-20(25-22(23)26-21(17)19)18-11-29(28-27-18)10-14-4-2-5-15(24-14)12-32-16-8-9-31-13-16/h2-7,11,16H,8-10,12-13H2,1H3,(H2,23,25,26)/t16-/m0/s1. The van der Waals surface area contributed by atoms with Gasteiger partial charge < -0.3 is 19.9 Å². The zero-order valence-electron chi connectivity index (χ0n) is 17.6. The Morgan fingerprint density at radius 2 is 2.00 bits per heavy atom. The van der Waals surface area contributed by atoms with Gasteiger partial charge in [0.2, 0.25) is 5.95 Å². The lowest BCUT2D eigenvalue weighted by Crippen LogP contribution is -2.13. The molecule has 0 amide bonds. The van der Waals surface area contributed by atoms with E-state index >= 15 is 0 Å². The second-order valence-corrected chi connectivity index (χ2v) is 7.51. The molecule has 0 unspecified atom stereocenters. The van der Waals surface area contributed by atoms with Gasteiger partial charge in [0.25, 0.3) is 0 Å². The Bertz CT molecular complexity index is 1240. The van der Waals surface area contributed by atoms with Gasteiger partial charge in [-0.15, -0.1) is 5.10 Å². The molecule has 0 saturated carbocycles. The summed E-state index contributed by atoms with van der Waals surface area (Å²) < 4.78 is 18.3. The quantitative estimate of drug-likeness (QED) is 0.467. The van der Waals surface area contributed by atoms with E-state index in [1.807, 2.05) is 42.6 Å². The van der Waals surface area contributed by atoms with Crippen molar-refractivity contribution in [1.29, 1.82) is 0 Å². The summed E-state index contributed by atoms with van der Waals surface area (Å²) in [5, 5.41) is 9.34. The van der Waals surface area contributed by atoms with Crippen molar-refractivity contribution in [2.24, 2.45) is 0 Å². The maximum absolute atomic E-state index is 5.94. The fourth-order valence-corrected chi connectivity index (χ4v) is 3.70. The van der Waals surface area contributed by atoms with E-state index in [2.05, 4.69) is 25.3 Å². The second-order valence-electron chi connectivity index (χ2n) is 7.51. The maximum Gasteiger partial charge on any atom is 0.221 e. The van der Waals surface area contributed by atoms with E-state index in [0.29, 0.717) is 42.4 Å². The van der Waals surface area contributed by atoms with Crippen LogP contribution >= 0.6 is 0 Å². The van der Waals surface area contributed by atoms with E-state index in [4.69, 9.17) is 19.9 Å². The van der Waals surface area contributed by atoms with Crippen LogP contribution in [0.3, 0.4) is 0 Å². The fourth-order valence-electron chi connectivity index (χ4n) is 3.70. The molecule has 10 heteroatoms. The average molecular weight is 433 g/mol. The number of anilines is 1. The van der Waals surface area contributed by atoms with Gasteiger partial charge in [-0.3, -0.25) is 4.98 Å². The minimum Gasteiger partial charge on any atom is -0.494 e. The van der Waals surface area contributed by atoms with Crippen molar-refractivity contribution in [3.63, 3.8) is 0 Å². The van der Waals surface area contributed by atoms with Gasteiger partial charge in [0.1, 0.15) is 22.7 Å². The Morgan fingerprint density at radius 3 is 2.84 bits per heavy atom. The van der Waals surface area contributed by atoms with Crippen molar-refractivity contribution < 1.29 is 14.2 Å². The summed E-state index contributed by atoms with van der Waals surface area (Å²) in [6, 6.07) is 11.5. The summed E-state index contributed by atoms with van der Waals surface area (Å²) in [4.78, 5) is 13.4. The molecule has 1 atom stereocenters. The molecule has 1 fully saturated rings. The first kappa shape index (κ1) is 20.3. The van der Waals surface area contributed by atoms with Crippen LogP contribution in [-0.4, -0.2) is 56.4 Å². The van der Waals surface area contributed by atoms with E-state index in [9.17, 15) is 0 Å². The number of nitrogens with zero attached hydrogens (tertiary/aromatic N) is 6. The molecule has 10 nitrogen and oxygen atoms in total. The molecular weight excluding hydrogens is 410 g/mol. The van der Waals surface area contributed by atoms with E-state index in [1.54, 1.807) is 11.8 Å². The highest BCUT2D eigenvalue weighted by atomic mass is 16.5. The molecule has 1 aliphatic rings. The Labute approximate surface area is 184 Å². The third-order valence-corrected chi connectivity index (χ3v) is 5.25. The van der Waals surface area contributed by atoms with E-state index in [1.165, 1.54) is 0 Å². The molecule has 0 bridgehead atoms. The number of ether oxygens (including phenoxy) is 3. The first-order chi connectivity index (χ1) is 15.7. The molecule has 32 heavy (non-hydrogen) atoms. The molecule has 4 heterocycles. The van der Waals surface area contributed by atoms with Gasteiger partial charge in [-0.2, -0.15) is 0 Å². The number of rotatable bonds is 7. The van der Waals surface area contributed by atoms with Gasteiger partial charge in [-0.05, 0) is 24.6 Å². The first-order valence-corrected chi connectivity index (χ1v) is 10.3. The van der Waals surface area contributed by atoms with Crippen molar-refractivity contribution >= 4 is 16.9 Å². The smallest absolute Gasteiger partial charge is 0.221 e. The van der Waals surface area contributed by atoms with Crippen molar-refractivity contribution in [3.8, 4) is 17.1 Å². The van der Waals surface area contributed by atoms with Crippen molar-refractivity contribution in [3.05, 3.63) is 54.0 Å². The molecule has 0 spiro atoms. The van der Waals surface area contributed by atoms with Crippen LogP contribution < -0.4 is 10.5 Å². The van der Waals surface area contributed by atoms with Crippen LogP contribution in [-0.2, 0) is 22.6 Å². The lowest BCUT2D eigenvalue weighted by atomic mass is 10.1. The van der Waals surface area contributed by atoms with E-state index in [0.717, 1.165) is 29.8 Å². The highest BCUT2D eigenvalue weighted by molar-refractivity contribution is 5.95. The highest BCUT2D eigenvalue weighted by Gasteiger charge is 2.17. The van der Waals surface area contributed by atoms with Gasteiger partial charge in [0.05, 0.1) is 50.6 Å². The first-order valence-electron chi connectivity index (χ1n) is 10.3. The van der Waals surface area contributed by atoms with Crippen molar-refractivity contribution in [2.75, 3.05) is 26.1 Å². The largest absolute Gasteiger partial charge is 0.494 e. The Hall–Kier alpha value is -3.63. The summed E-state index contributed by atoms with van der Waals surface area (Å²) in [7, 11) is 1.59. The third kappa shape index (κ3) is 4.23. The lowest BCUT2D eigenvalue weighted by Gasteiger charge is -2.10. The maximum atomic E-state index is 5.94. The van der Waals surface area contributed by atoms with Gasteiger partial charge in [-0.25, -0.2) is 14.6 Å². The van der Waals surface area contributed by atoms with Gasteiger partial charge in [0, 0.05) is 12.0 Å². The molecule has 1 aliphatic heterocycles. The topological polar surface area (TPSA) is 123 Å². The number of nitrogen functional groups attached to an aromatic ring is 1. The minimum absolute atomic E-state index is 0.145. The number of hydrogen-bond donors (Lipinski definition) is 1. The second kappa shape index (κ2) is 8.85. The number of fused-ring (bicyclic) bond motifs is 1. The van der Waals surface area contributed by atoms with E-state index in [-0.39, 0.29) is 12.1 Å². The summed E-state index contributed by atoms with van der Waals surface area (Å²) in [6.45, 7) is 2.33. The van der Waals surface area contributed by atoms with Crippen molar-refractivity contribution in [1.82, 2.24) is 29.9 Å². The van der Waals surface area contributed by atoms with Crippen molar-refractivity contribution in [2.45, 2.75) is 25.7 Å². The number of hydrogen-bond acceptors (Lipinski definition) is 9. The van der Waals surface area contributed by atoms with Crippen LogP contribution in [0.15, 0.2) is 42.6 Å². The molecule has 4 aromatic rings. The zero-order valence-corrected chi connectivity index (χ0v) is 17.6. The molecule has 5 rings (SSSR count). The Morgan fingerprint density at radius 1 is 1.12 bits per heavy atom. The molecular formula is C22H23N7O3. The lowest BCUT2D eigenvalue weighted by molar-refractivity contribution is 0.0301. The Kier molecular flexibility index (Phi) is 5.61. The molecule has 3 aromatic heterocycles. The Balaban J connectivity index is 1.36. The summed E-state index contributed by atoms with van der Waals surface area (Å²) in [6.07, 6.45) is 2.89. The van der Waals surface area contributed by atoms with Crippen LogP contribution in [0.5, 0.6) is 5.75 Å². The minimum atomic E-state index is 0.145. The van der Waals surface area contributed by atoms with Gasteiger partial charge in [0.15, 0.2) is 0 Å². The molecule has 0 radical (unpaired) electrons. The molecule has 2 N–H and O–H groups in total. The number of benzene rings is 1. The zero-order chi connectivity index (χ0) is 21.9. The molecule has 164 valence electrons. The third-order valence-electron chi connectivity index (χ3n) is 5.25. The monoisotopic (exact) mass is 433 g/mol. The predicted octanol–water partition coefficient (Wildman–Crippen LogP) is 2.23. The molecule has 1 saturated heterocycles. The predicted molar refractivity (Wildman–Crippen MR) is 117 cm³/mol. The normalized spacial score (nSPS) is 16.0. The number of aromatic nitrogens is 6. The summed E-state index contributed by atoms with van der Waals surface area (Å²) >= 11 is 0. The average Bonchev–Trinajstić information content (AvgIpc) is 3.49. The van der Waals surface area contributed by atoms with Gasteiger partial charge >= 0.3 is 0 Å². The van der Waals surface area contributed by atoms with Crippen LogP contribution in [0.25, 0.3) is 22.3 Å².